The largest absolute Gasteiger partial charge is 0.306 e. The van der Waals surface area contributed by atoms with Crippen LogP contribution >= 0.6 is 0 Å². The first-order chi connectivity index (χ1) is 10.1. The van der Waals surface area contributed by atoms with Crippen LogP contribution in [0.1, 0.15) is 35.2 Å². The first-order valence-corrected chi connectivity index (χ1v) is 6.56. The first kappa shape index (κ1) is 14.7. The smallest absolute Gasteiger partial charge is 0.129 e. The molecule has 0 saturated heterocycles. The Morgan fingerprint density at radius 3 is 2.24 bits per heavy atom. The fraction of sp³-hybridized carbons (Fsp3) is 0.176. The second-order valence-corrected chi connectivity index (χ2v) is 4.75. The van der Waals surface area contributed by atoms with Crippen LogP contribution in [0.3, 0.4) is 0 Å². The van der Waals surface area contributed by atoms with Gasteiger partial charge < -0.3 is 5.32 Å². The predicted molar refractivity (Wildman–Crippen MR) is 77.5 cm³/mol. The number of hydrogen-bond acceptors (Lipinski definition) is 3. The summed E-state index contributed by atoms with van der Waals surface area (Å²) in [5.41, 5.74) is 2.48. The van der Waals surface area contributed by atoms with Crippen molar-refractivity contribution in [3.63, 3.8) is 0 Å². The first-order valence-electron chi connectivity index (χ1n) is 6.56. The maximum atomic E-state index is 13.8. The van der Waals surface area contributed by atoms with Gasteiger partial charge in [-0.3, -0.25) is 0 Å². The Balaban J connectivity index is 2.02. The average Bonchev–Trinajstić information content (AvgIpc) is 2.53. The zero-order chi connectivity index (χ0) is 15.2. The van der Waals surface area contributed by atoms with Crippen LogP contribution in [0.2, 0.25) is 0 Å². The molecule has 0 aliphatic carbocycles. The molecule has 1 atom stereocenters. The van der Waals surface area contributed by atoms with Crippen molar-refractivity contribution in [2.24, 2.45) is 0 Å². The Bertz CT molecular complexity index is 708. The monoisotopic (exact) mass is 279 g/mol. The van der Waals surface area contributed by atoms with E-state index >= 15 is 0 Å². The molecule has 1 N–H and O–H groups in total. The molecule has 0 spiro atoms. The van der Waals surface area contributed by atoms with Crippen molar-refractivity contribution in [1.29, 1.82) is 10.5 Å². The molecule has 2 aromatic carbocycles. The summed E-state index contributed by atoms with van der Waals surface area (Å²) >= 11 is 0. The maximum absolute atomic E-state index is 13.8. The molecule has 0 aliphatic rings. The third-order valence-corrected chi connectivity index (χ3v) is 3.32. The molecular formula is C17H14FN3. The maximum Gasteiger partial charge on any atom is 0.129 e. The van der Waals surface area contributed by atoms with E-state index in [2.05, 4.69) is 11.4 Å². The highest BCUT2D eigenvalue weighted by atomic mass is 19.1. The molecule has 0 aromatic heterocycles. The standard InChI is InChI=1S/C17H14FN3/c1-12(15-5-2-13(9-19)3-6-15)21-11-16-7-4-14(10-20)8-17(16)18/h2-8,12,21H,11H2,1H3. The summed E-state index contributed by atoms with van der Waals surface area (Å²) in [6.45, 7) is 2.35. The summed E-state index contributed by atoms with van der Waals surface area (Å²) in [5, 5.41) is 20.7. The topological polar surface area (TPSA) is 59.6 Å². The molecule has 0 radical (unpaired) electrons. The molecule has 4 heteroatoms. The molecule has 0 amide bonds. The second-order valence-electron chi connectivity index (χ2n) is 4.75. The van der Waals surface area contributed by atoms with E-state index < -0.39 is 0 Å². The number of nitriles is 2. The zero-order valence-electron chi connectivity index (χ0n) is 11.6. The van der Waals surface area contributed by atoms with Gasteiger partial charge in [-0.05, 0) is 36.8 Å². The van der Waals surface area contributed by atoms with Gasteiger partial charge in [0.05, 0.1) is 23.3 Å². The molecule has 0 bridgehead atoms. The van der Waals surface area contributed by atoms with E-state index in [9.17, 15) is 4.39 Å². The van der Waals surface area contributed by atoms with E-state index in [0.717, 1.165) is 5.56 Å². The number of hydrogen-bond donors (Lipinski definition) is 1. The number of halogens is 1. The lowest BCUT2D eigenvalue weighted by Gasteiger charge is -2.14. The molecule has 0 aliphatic heterocycles. The molecule has 0 fully saturated rings. The summed E-state index contributed by atoms with van der Waals surface area (Å²) in [7, 11) is 0. The predicted octanol–water partition coefficient (Wildman–Crippen LogP) is 3.42. The SMILES string of the molecule is CC(NCc1ccc(C#N)cc1F)c1ccc(C#N)cc1. The van der Waals surface area contributed by atoms with Gasteiger partial charge in [-0.15, -0.1) is 0 Å². The van der Waals surface area contributed by atoms with Crippen LogP contribution in [0.25, 0.3) is 0 Å². The Morgan fingerprint density at radius 2 is 1.67 bits per heavy atom. The lowest BCUT2D eigenvalue weighted by Crippen LogP contribution is -2.18. The van der Waals surface area contributed by atoms with Crippen LogP contribution in [0.5, 0.6) is 0 Å². The van der Waals surface area contributed by atoms with E-state index in [1.807, 2.05) is 25.1 Å². The molecule has 1 unspecified atom stereocenters. The molecular weight excluding hydrogens is 265 g/mol. The van der Waals surface area contributed by atoms with Gasteiger partial charge in [-0.25, -0.2) is 4.39 Å². The Hall–Kier alpha value is -2.69. The van der Waals surface area contributed by atoms with Crippen molar-refractivity contribution in [2.45, 2.75) is 19.5 Å². The number of nitrogens with zero attached hydrogens (tertiary/aromatic N) is 2. The summed E-state index contributed by atoms with van der Waals surface area (Å²) in [4.78, 5) is 0. The van der Waals surface area contributed by atoms with Gasteiger partial charge in [0.25, 0.3) is 0 Å². The van der Waals surface area contributed by atoms with Crippen LogP contribution in [0, 0.1) is 28.5 Å². The van der Waals surface area contributed by atoms with Crippen molar-refractivity contribution in [2.75, 3.05) is 0 Å². The van der Waals surface area contributed by atoms with Crippen LogP contribution < -0.4 is 5.32 Å². The van der Waals surface area contributed by atoms with Crippen LogP contribution in [0.4, 0.5) is 4.39 Å². The highest BCUT2D eigenvalue weighted by Gasteiger charge is 2.08. The van der Waals surface area contributed by atoms with Crippen molar-refractivity contribution >= 4 is 0 Å². The molecule has 2 aromatic rings. The molecule has 104 valence electrons. The minimum Gasteiger partial charge on any atom is -0.306 e. The van der Waals surface area contributed by atoms with E-state index in [0.29, 0.717) is 23.2 Å². The number of benzene rings is 2. The molecule has 0 heterocycles. The van der Waals surface area contributed by atoms with Crippen LogP contribution in [-0.2, 0) is 6.54 Å². The van der Waals surface area contributed by atoms with E-state index in [4.69, 9.17) is 10.5 Å². The van der Waals surface area contributed by atoms with Crippen molar-refractivity contribution in [3.8, 4) is 12.1 Å². The summed E-state index contributed by atoms with van der Waals surface area (Å²) in [6, 6.07) is 15.8. The van der Waals surface area contributed by atoms with Gasteiger partial charge in [0, 0.05) is 18.2 Å². The van der Waals surface area contributed by atoms with Crippen LogP contribution in [0.15, 0.2) is 42.5 Å². The van der Waals surface area contributed by atoms with Gasteiger partial charge in [-0.1, -0.05) is 18.2 Å². The lowest BCUT2D eigenvalue weighted by atomic mass is 10.1. The van der Waals surface area contributed by atoms with Gasteiger partial charge in [-0.2, -0.15) is 10.5 Å². The quantitative estimate of drug-likeness (QED) is 0.932. The normalized spacial score (nSPS) is 11.4. The van der Waals surface area contributed by atoms with Crippen molar-refractivity contribution < 1.29 is 4.39 Å². The van der Waals surface area contributed by atoms with Gasteiger partial charge in [0.1, 0.15) is 5.82 Å². The highest BCUT2D eigenvalue weighted by Crippen LogP contribution is 2.15. The summed E-state index contributed by atoms with van der Waals surface area (Å²) < 4.78 is 13.8. The number of nitrogens with one attached hydrogen (secondary N) is 1. The van der Waals surface area contributed by atoms with Gasteiger partial charge in [0.2, 0.25) is 0 Å². The van der Waals surface area contributed by atoms with E-state index in [-0.39, 0.29) is 11.9 Å². The molecule has 21 heavy (non-hydrogen) atoms. The lowest BCUT2D eigenvalue weighted by molar-refractivity contribution is 0.544. The molecule has 0 saturated carbocycles. The highest BCUT2D eigenvalue weighted by molar-refractivity contribution is 5.34. The summed E-state index contributed by atoms with van der Waals surface area (Å²) in [6.07, 6.45) is 0. The zero-order valence-corrected chi connectivity index (χ0v) is 11.6. The molecule has 2 rings (SSSR count). The van der Waals surface area contributed by atoms with E-state index in [1.165, 1.54) is 6.07 Å². The van der Waals surface area contributed by atoms with Gasteiger partial charge in [0.15, 0.2) is 0 Å². The fourth-order valence-corrected chi connectivity index (χ4v) is 1.99. The fourth-order valence-electron chi connectivity index (χ4n) is 1.99. The molecule has 3 nitrogen and oxygen atoms in total. The summed E-state index contributed by atoms with van der Waals surface area (Å²) in [5.74, 6) is -0.381. The third kappa shape index (κ3) is 3.66. The van der Waals surface area contributed by atoms with Crippen molar-refractivity contribution in [3.05, 3.63) is 70.5 Å². The Kier molecular flexibility index (Phi) is 4.66. The van der Waals surface area contributed by atoms with Crippen LogP contribution in [-0.4, -0.2) is 0 Å². The second kappa shape index (κ2) is 6.65. The minimum absolute atomic E-state index is 0.0350. The number of rotatable bonds is 4. The Labute approximate surface area is 123 Å². The Morgan fingerprint density at radius 1 is 1.05 bits per heavy atom. The third-order valence-electron chi connectivity index (χ3n) is 3.32. The van der Waals surface area contributed by atoms with Crippen molar-refractivity contribution in [1.82, 2.24) is 5.32 Å². The minimum atomic E-state index is -0.381. The average molecular weight is 279 g/mol. The van der Waals surface area contributed by atoms with E-state index in [1.54, 1.807) is 24.3 Å². The van der Waals surface area contributed by atoms with Gasteiger partial charge >= 0.3 is 0 Å².